The van der Waals surface area contributed by atoms with Crippen LogP contribution in [-0.4, -0.2) is 114 Å². The zero-order valence-electron chi connectivity index (χ0n) is 29.1. The van der Waals surface area contributed by atoms with E-state index in [-0.39, 0.29) is 35.7 Å². The maximum Gasteiger partial charge on any atom is 0.270 e. The van der Waals surface area contributed by atoms with Gasteiger partial charge in [-0.05, 0) is 67.2 Å². The van der Waals surface area contributed by atoms with Gasteiger partial charge < -0.3 is 30.3 Å². The van der Waals surface area contributed by atoms with Crippen molar-refractivity contribution in [3.8, 4) is 0 Å². The quantitative estimate of drug-likeness (QED) is 0.258. The Labute approximate surface area is 292 Å². The molecule has 1 aromatic carbocycles. The molecule has 2 saturated heterocycles. The highest BCUT2D eigenvalue weighted by Gasteiger charge is 2.48. The summed E-state index contributed by atoms with van der Waals surface area (Å²) < 4.78 is 28.3. The first-order chi connectivity index (χ1) is 24.2. The molecule has 272 valence electrons. The van der Waals surface area contributed by atoms with Crippen molar-refractivity contribution in [3.05, 3.63) is 47.5 Å². The highest BCUT2D eigenvalue weighted by molar-refractivity contribution is 6.01. The Hall–Kier alpha value is -3.88. The Bertz CT molecular complexity index is 1500. The molecule has 13 nitrogen and oxygen atoms in total. The summed E-state index contributed by atoms with van der Waals surface area (Å²) in [4.78, 5) is 57.5. The lowest BCUT2D eigenvalue weighted by atomic mass is 9.88. The third kappa shape index (κ3) is 8.88. The number of morpholine rings is 2. The van der Waals surface area contributed by atoms with Crippen LogP contribution in [0.2, 0.25) is 0 Å². The number of amides is 4. The van der Waals surface area contributed by atoms with Crippen molar-refractivity contribution in [2.45, 2.75) is 70.5 Å². The predicted octanol–water partition coefficient (Wildman–Crippen LogP) is 2.38. The highest BCUT2D eigenvalue weighted by Crippen LogP contribution is 2.51. The molecule has 0 spiro atoms. The first-order valence-electron chi connectivity index (χ1n) is 18.1. The molecule has 2 aliphatic carbocycles. The van der Waals surface area contributed by atoms with E-state index in [1.807, 2.05) is 0 Å². The van der Waals surface area contributed by atoms with Gasteiger partial charge in [-0.2, -0.15) is 5.10 Å². The second-order valence-electron chi connectivity index (χ2n) is 14.0. The lowest BCUT2D eigenvalue weighted by Gasteiger charge is -2.33. The highest BCUT2D eigenvalue weighted by atomic mass is 19.1. The number of hydrogen-bond donors (Lipinski definition) is 3. The first-order valence-corrected chi connectivity index (χ1v) is 18.1. The number of halogens is 1. The molecule has 0 bridgehead atoms. The third-order valence-electron chi connectivity index (χ3n) is 10.5. The number of carbonyl (C=O) groups is 4. The van der Waals surface area contributed by atoms with Crippen LogP contribution in [0.5, 0.6) is 0 Å². The summed E-state index contributed by atoms with van der Waals surface area (Å²) in [6.07, 6.45) is 5.79. The standard InChI is InChI=1S/C36H50FN7O6/c1-3-30(45)40-32(36(48)43-16-20-50-21-17-43)23(2)26-8-9-28(27(37)22-26)39-35(47)33(31(24-4-5-24)25-6-7-25)41-34(46)29-10-11-38-44(29)13-12-42-14-18-49-19-15-42/h8-11,22-25,31-33H,3-7,12-21H2,1-2H3,(H,39,47)(H,40,45)(H,41,46)/t23-,32+,33-/m0/s1. The number of benzene rings is 1. The Morgan fingerprint density at radius 1 is 0.900 bits per heavy atom. The van der Waals surface area contributed by atoms with E-state index in [2.05, 4.69) is 25.9 Å². The third-order valence-corrected chi connectivity index (χ3v) is 10.5. The number of nitrogens with zero attached hydrogens (tertiary/aromatic N) is 4. The van der Waals surface area contributed by atoms with Crippen LogP contribution < -0.4 is 16.0 Å². The first kappa shape index (κ1) is 35.9. The molecule has 0 unspecified atom stereocenters. The van der Waals surface area contributed by atoms with E-state index in [9.17, 15) is 19.2 Å². The van der Waals surface area contributed by atoms with Crippen molar-refractivity contribution in [2.24, 2.45) is 17.8 Å². The average molecular weight is 696 g/mol. The predicted molar refractivity (Wildman–Crippen MR) is 183 cm³/mol. The molecule has 14 heteroatoms. The molecule has 2 saturated carbocycles. The van der Waals surface area contributed by atoms with Gasteiger partial charge in [0.2, 0.25) is 17.7 Å². The van der Waals surface area contributed by atoms with Crippen LogP contribution in [-0.2, 0) is 30.4 Å². The topological polar surface area (TPSA) is 147 Å². The molecule has 50 heavy (non-hydrogen) atoms. The van der Waals surface area contributed by atoms with E-state index in [0.717, 1.165) is 45.3 Å². The van der Waals surface area contributed by atoms with Gasteiger partial charge in [0.1, 0.15) is 23.6 Å². The normalized spacial score (nSPS) is 20.2. The summed E-state index contributed by atoms with van der Waals surface area (Å²) in [6, 6.07) is 4.38. The van der Waals surface area contributed by atoms with Gasteiger partial charge in [-0.25, -0.2) is 4.39 Å². The van der Waals surface area contributed by atoms with E-state index in [0.29, 0.717) is 69.2 Å². The zero-order chi connectivity index (χ0) is 35.2. The fourth-order valence-electron chi connectivity index (χ4n) is 7.18. The second-order valence-corrected chi connectivity index (χ2v) is 14.0. The lowest BCUT2D eigenvalue weighted by Crippen LogP contribution is -2.53. The van der Waals surface area contributed by atoms with Crippen molar-refractivity contribution >= 4 is 29.3 Å². The van der Waals surface area contributed by atoms with Gasteiger partial charge in [-0.15, -0.1) is 0 Å². The fraction of sp³-hybridized carbons (Fsp3) is 0.639. The SMILES string of the molecule is CCC(=O)N[C@@H](C(=O)N1CCOCC1)[C@@H](C)c1ccc(NC(=O)[C@@H](NC(=O)c2ccnn2CCN2CCOCC2)C(C2CC2)C2CC2)c(F)c1. The fourth-order valence-corrected chi connectivity index (χ4v) is 7.18. The molecule has 4 fully saturated rings. The van der Waals surface area contributed by atoms with E-state index in [4.69, 9.17) is 9.47 Å². The Morgan fingerprint density at radius 3 is 2.18 bits per heavy atom. The molecule has 1 aromatic heterocycles. The lowest BCUT2D eigenvalue weighted by molar-refractivity contribution is -0.140. The molecular formula is C36H50FN7O6. The van der Waals surface area contributed by atoms with Crippen molar-refractivity contribution in [1.82, 2.24) is 30.2 Å². The Balaban J connectivity index is 1.16. The van der Waals surface area contributed by atoms with Crippen LogP contribution in [0.15, 0.2) is 30.5 Å². The molecule has 3 heterocycles. The summed E-state index contributed by atoms with van der Waals surface area (Å²) >= 11 is 0. The summed E-state index contributed by atoms with van der Waals surface area (Å²) in [5.41, 5.74) is 0.870. The largest absolute Gasteiger partial charge is 0.379 e. The van der Waals surface area contributed by atoms with Gasteiger partial charge in [-0.1, -0.05) is 19.9 Å². The maximum atomic E-state index is 15.8. The Kier molecular flexibility index (Phi) is 11.8. The average Bonchev–Trinajstić information content (AvgIpc) is 4.09. The van der Waals surface area contributed by atoms with Crippen molar-refractivity contribution in [1.29, 1.82) is 0 Å². The van der Waals surface area contributed by atoms with E-state index >= 15 is 4.39 Å². The van der Waals surface area contributed by atoms with Crippen LogP contribution in [0.4, 0.5) is 10.1 Å². The minimum absolute atomic E-state index is 0.0141. The number of ether oxygens (including phenoxy) is 2. The van der Waals surface area contributed by atoms with Gasteiger partial charge >= 0.3 is 0 Å². The summed E-state index contributed by atoms with van der Waals surface area (Å²) in [6.45, 7) is 9.43. The minimum Gasteiger partial charge on any atom is -0.379 e. The molecule has 4 amide bonds. The van der Waals surface area contributed by atoms with Gasteiger partial charge in [0.25, 0.3) is 5.91 Å². The van der Waals surface area contributed by atoms with Crippen LogP contribution in [0.25, 0.3) is 0 Å². The van der Waals surface area contributed by atoms with Gasteiger partial charge in [-0.3, -0.25) is 28.8 Å². The van der Waals surface area contributed by atoms with E-state index in [1.54, 1.807) is 41.8 Å². The number of aromatic nitrogens is 2. The van der Waals surface area contributed by atoms with Crippen LogP contribution in [0.1, 0.15) is 67.9 Å². The number of anilines is 1. The van der Waals surface area contributed by atoms with Crippen molar-refractivity contribution in [2.75, 3.05) is 64.5 Å². The molecule has 6 rings (SSSR count). The molecule has 4 aliphatic rings. The van der Waals surface area contributed by atoms with E-state index in [1.165, 1.54) is 12.1 Å². The number of carbonyl (C=O) groups excluding carboxylic acids is 4. The number of hydrogen-bond acceptors (Lipinski definition) is 8. The summed E-state index contributed by atoms with van der Waals surface area (Å²) in [7, 11) is 0. The monoisotopic (exact) mass is 695 g/mol. The van der Waals surface area contributed by atoms with Gasteiger partial charge in [0.15, 0.2) is 0 Å². The summed E-state index contributed by atoms with van der Waals surface area (Å²) in [5, 5.41) is 13.0. The van der Waals surface area contributed by atoms with Gasteiger partial charge in [0.05, 0.1) is 38.7 Å². The molecule has 3 atom stereocenters. The smallest absolute Gasteiger partial charge is 0.270 e. The maximum absolute atomic E-state index is 15.8. The number of nitrogens with one attached hydrogen (secondary N) is 3. The zero-order valence-corrected chi connectivity index (χ0v) is 29.1. The molecule has 2 aliphatic heterocycles. The van der Waals surface area contributed by atoms with Crippen LogP contribution in [0, 0.1) is 23.6 Å². The molecule has 3 N–H and O–H groups in total. The van der Waals surface area contributed by atoms with Crippen LogP contribution in [0.3, 0.4) is 0 Å². The molecule has 0 radical (unpaired) electrons. The van der Waals surface area contributed by atoms with Crippen molar-refractivity contribution < 1.29 is 33.0 Å². The molecule has 2 aromatic rings. The van der Waals surface area contributed by atoms with Crippen molar-refractivity contribution in [3.63, 3.8) is 0 Å². The molecular weight excluding hydrogens is 645 g/mol. The summed E-state index contributed by atoms with van der Waals surface area (Å²) in [5.74, 6) is -1.96. The number of rotatable bonds is 15. The Morgan fingerprint density at radius 2 is 1.56 bits per heavy atom. The second kappa shape index (κ2) is 16.4. The van der Waals surface area contributed by atoms with Crippen LogP contribution >= 0.6 is 0 Å². The minimum atomic E-state index is -0.889. The van der Waals surface area contributed by atoms with E-state index < -0.39 is 29.7 Å². The van der Waals surface area contributed by atoms with Gasteiger partial charge in [0, 0.05) is 51.3 Å².